The highest BCUT2D eigenvalue weighted by atomic mass is 16.3. The predicted octanol–water partition coefficient (Wildman–Crippen LogP) is 15.9. The average Bonchev–Trinajstić information content (AvgIpc) is 3.26. The van der Waals surface area contributed by atoms with Gasteiger partial charge < -0.3 is 20.2 Å². The molecule has 6 nitrogen and oxygen atoms in total. The molecule has 0 aromatic carbocycles. The first-order valence-corrected chi connectivity index (χ1v) is 28.0. The topological polar surface area (TPSA) is 78.4 Å². The zero-order valence-electron chi connectivity index (χ0n) is 42.2. The van der Waals surface area contributed by atoms with Gasteiger partial charge in [-0.05, 0) is 39.5 Å². The molecule has 0 rings (SSSR count). The van der Waals surface area contributed by atoms with Gasteiger partial charge in [0, 0.05) is 19.4 Å². The Labute approximate surface area is 383 Å². The zero-order chi connectivity index (χ0) is 44.6. The molecule has 0 aliphatic heterocycles. The van der Waals surface area contributed by atoms with E-state index < -0.39 is 0 Å². The maximum atomic E-state index is 13.0. The van der Waals surface area contributed by atoms with E-state index in [1.165, 1.54) is 218 Å². The van der Waals surface area contributed by atoms with E-state index in [2.05, 4.69) is 38.3 Å². The molecule has 2 amide bonds. The van der Waals surface area contributed by atoms with E-state index in [1.54, 1.807) is 0 Å². The van der Waals surface area contributed by atoms with Crippen LogP contribution in [-0.2, 0) is 9.59 Å². The number of aliphatic hydroxyl groups excluding tert-OH is 1. The third-order valence-electron chi connectivity index (χ3n) is 13.9. The molecule has 0 spiro atoms. The maximum Gasteiger partial charge on any atom is 0.220 e. The van der Waals surface area contributed by atoms with Gasteiger partial charge in [0.15, 0.2) is 0 Å². The second-order valence-electron chi connectivity index (χ2n) is 19.6. The molecular weight excluding hydrogens is 751 g/mol. The second kappa shape index (κ2) is 48.3. The van der Waals surface area contributed by atoms with Crippen molar-refractivity contribution < 1.29 is 19.2 Å². The molecule has 0 aliphatic rings. The smallest absolute Gasteiger partial charge is 0.220 e. The number of rotatable bonds is 51. The number of carbonyl (C=O) groups is 2. The van der Waals surface area contributed by atoms with Crippen LogP contribution in [0.2, 0.25) is 0 Å². The molecular formula is C55H112N3O3+. The standard InChI is InChI=1S/C55H111N3O3/c1-5-9-11-13-15-17-19-21-23-25-27-29-31-33-35-37-39-41-43-47-54(60)56-49-50-58(7-3,8-4)52-53(46-45-51-59)57-55(61)48-44-42-40-38-36-34-32-30-28-26-24-22-20-18-16-14-12-10-6-2/h53,59H,5-52H2,1-4H3,(H-,56,57,60,61)/p+1. The predicted molar refractivity (Wildman–Crippen MR) is 268 cm³/mol. The van der Waals surface area contributed by atoms with E-state index in [1.807, 2.05) is 0 Å². The lowest BCUT2D eigenvalue weighted by molar-refractivity contribution is -0.924. The third-order valence-corrected chi connectivity index (χ3v) is 13.9. The Balaban J connectivity index is 3.98. The highest BCUT2D eigenvalue weighted by molar-refractivity contribution is 5.76. The minimum atomic E-state index is 0.0557. The number of carbonyl (C=O) groups excluding carboxylic acids is 2. The van der Waals surface area contributed by atoms with Crippen LogP contribution >= 0.6 is 0 Å². The van der Waals surface area contributed by atoms with Crippen LogP contribution < -0.4 is 10.6 Å². The molecule has 61 heavy (non-hydrogen) atoms. The molecule has 0 aliphatic carbocycles. The molecule has 0 saturated carbocycles. The van der Waals surface area contributed by atoms with Crippen LogP contribution in [0, 0.1) is 0 Å². The monoisotopic (exact) mass is 863 g/mol. The van der Waals surface area contributed by atoms with Crippen LogP contribution in [0.4, 0.5) is 0 Å². The average molecular weight is 864 g/mol. The quantitative estimate of drug-likeness (QED) is 0.0421. The fourth-order valence-electron chi connectivity index (χ4n) is 9.45. The first-order valence-electron chi connectivity index (χ1n) is 28.0. The fourth-order valence-corrected chi connectivity index (χ4v) is 9.45. The normalized spacial score (nSPS) is 12.3. The van der Waals surface area contributed by atoms with Gasteiger partial charge in [-0.25, -0.2) is 0 Å². The van der Waals surface area contributed by atoms with Gasteiger partial charge in [0.1, 0.15) is 0 Å². The van der Waals surface area contributed by atoms with Crippen LogP contribution in [0.1, 0.15) is 297 Å². The molecule has 6 heteroatoms. The van der Waals surface area contributed by atoms with Crippen molar-refractivity contribution in [3.05, 3.63) is 0 Å². The van der Waals surface area contributed by atoms with Gasteiger partial charge in [-0.3, -0.25) is 9.59 Å². The summed E-state index contributed by atoms with van der Waals surface area (Å²) in [5, 5.41) is 16.2. The zero-order valence-corrected chi connectivity index (χ0v) is 42.2. The molecule has 0 bridgehead atoms. The van der Waals surface area contributed by atoms with Gasteiger partial charge in [0.25, 0.3) is 0 Å². The molecule has 0 heterocycles. The Bertz CT molecular complexity index is 894. The van der Waals surface area contributed by atoms with Crippen LogP contribution in [-0.4, -0.2) is 66.8 Å². The number of aliphatic hydroxyl groups is 1. The Kier molecular flexibility index (Phi) is 47.4. The van der Waals surface area contributed by atoms with E-state index in [0.29, 0.717) is 25.8 Å². The van der Waals surface area contributed by atoms with Gasteiger partial charge in [0.2, 0.25) is 11.8 Å². The molecule has 1 unspecified atom stereocenters. The fraction of sp³-hybridized carbons (Fsp3) is 0.964. The lowest BCUT2D eigenvalue weighted by Gasteiger charge is -2.40. The summed E-state index contributed by atoms with van der Waals surface area (Å²) < 4.78 is 0.870. The Morgan fingerprint density at radius 2 is 0.705 bits per heavy atom. The van der Waals surface area contributed by atoms with E-state index >= 15 is 0 Å². The van der Waals surface area contributed by atoms with Gasteiger partial charge in [-0.2, -0.15) is 0 Å². The summed E-state index contributed by atoms with van der Waals surface area (Å²) in [4.78, 5) is 25.7. The van der Waals surface area contributed by atoms with Gasteiger partial charge in [0.05, 0.1) is 38.8 Å². The maximum absolute atomic E-state index is 13.0. The Morgan fingerprint density at radius 1 is 0.410 bits per heavy atom. The minimum Gasteiger partial charge on any atom is -0.396 e. The number of quaternary nitrogens is 1. The largest absolute Gasteiger partial charge is 0.396 e. The summed E-state index contributed by atoms with van der Waals surface area (Å²) in [6.45, 7) is 13.5. The number of nitrogens with zero attached hydrogens (tertiary/aromatic N) is 1. The minimum absolute atomic E-state index is 0.0557. The SMILES string of the molecule is CCCCCCCCCCCCCCCCCCCCCC(=O)NCC[N+](CC)(CC)CC(CCCO)NC(=O)CCCCCCCCCCCCCCCCCCCCC. The first kappa shape index (κ1) is 59.9. The lowest BCUT2D eigenvalue weighted by Crippen LogP contribution is -2.58. The second-order valence-corrected chi connectivity index (χ2v) is 19.6. The van der Waals surface area contributed by atoms with E-state index in [9.17, 15) is 14.7 Å². The van der Waals surface area contributed by atoms with Crippen molar-refractivity contribution in [3.63, 3.8) is 0 Å². The van der Waals surface area contributed by atoms with Crippen molar-refractivity contribution in [2.24, 2.45) is 0 Å². The van der Waals surface area contributed by atoms with Crippen LogP contribution in [0.15, 0.2) is 0 Å². The molecule has 0 aromatic heterocycles. The summed E-state index contributed by atoms with van der Waals surface area (Å²) in [7, 11) is 0. The summed E-state index contributed by atoms with van der Waals surface area (Å²) in [5.41, 5.74) is 0. The summed E-state index contributed by atoms with van der Waals surface area (Å²) in [6.07, 6.45) is 54.4. The number of hydrogen-bond acceptors (Lipinski definition) is 3. The van der Waals surface area contributed by atoms with Crippen molar-refractivity contribution in [2.45, 2.75) is 303 Å². The summed E-state index contributed by atoms with van der Waals surface area (Å²) >= 11 is 0. The first-order chi connectivity index (χ1) is 30.0. The highest BCUT2D eigenvalue weighted by Gasteiger charge is 2.28. The van der Waals surface area contributed by atoms with Crippen LogP contribution in [0.3, 0.4) is 0 Å². The summed E-state index contributed by atoms with van der Waals surface area (Å²) in [5.74, 6) is 0.343. The molecule has 0 fully saturated rings. The number of likely N-dealkylation sites (N-methyl/N-ethyl adjacent to an activating group) is 1. The van der Waals surface area contributed by atoms with Crippen LogP contribution in [0.25, 0.3) is 0 Å². The van der Waals surface area contributed by atoms with Crippen molar-refractivity contribution in [2.75, 3.05) is 39.3 Å². The van der Waals surface area contributed by atoms with E-state index in [4.69, 9.17) is 0 Å². The van der Waals surface area contributed by atoms with Gasteiger partial charge >= 0.3 is 0 Å². The molecule has 0 saturated heterocycles. The van der Waals surface area contributed by atoms with E-state index in [0.717, 1.165) is 62.8 Å². The molecule has 3 N–H and O–H groups in total. The number of hydrogen-bond donors (Lipinski definition) is 3. The van der Waals surface area contributed by atoms with Crippen LogP contribution in [0.5, 0.6) is 0 Å². The molecule has 0 radical (unpaired) electrons. The van der Waals surface area contributed by atoms with Crippen molar-refractivity contribution in [3.8, 4) is 0 Å². The number of amides is 2. The highest BCUT2D eigenvalue weighted by Crippen LogP contribution is 2.18. The summed E-state index contributed by atoms with van der Waals surface area (Å²) in [6, 6.07) is 0.0557. The van der Waals surface area contributed by atoms with Gasteiger partial charge in [-0.15, -0.1) is 0 Å². The van der Waals surface area contributed by atoms with Crippen molar-refractivity contribution in [1.29, 1.82) is 0 Å². The molecule has 1 atom stereocenters. The number of unbranched alkanes of at least 4 members (excludes halogenated alkanes) is 36. The lowest BCUT2D eigenvalue weighted by atomic mass is 10.0. The van der Waals surface area contributed by atoms with Crippen molar-refractivity contribution in [1.82, 2.24) is 10.6 Å². The number of nitrogens with one attached hydrogen (secondary N) is 2. The van der Waals surface area contributed by atoms with Gasteiger partial charge in [-0.1, -0.05) is 245 Å². The van der Waals surface area contributed by atoms with E-state index in [-0.39, 0.29) is 24.5 Å². The third kappa shape index (κ3) is 42.6. The van der Waals surface area contributed by atoms with Crippen molar-refractivity contribution >= 4 is 11.8 Å². The Morgan fingerprint density at radius 3 is 1.00 bits per heavy atom. The Hall–Kier alpha value is -1.14. The molecule has 364 valence electrons. The molecule has 0 aromatic rings.